The molecule has 0 saturated carbocycles. The van der Waals surface area contributed by atoms with Crippen LogP contribution >= 0.6 is 22.6 Å². The average Bonchev–Trinajstić information content (AvgIpc) is 2.47. The van der Waals surface area contributed by atoms with Crippen LogP contribution in [0.4, 0.5) is 0 Å². The van der Waals surface area contributed by atoms with Gasteiger partial charge < -0.3 is 9.73 Å². The number of furan rings is 1. The zero-order valence-corrected chi connectivity index (χ0v) is 8.66. The predicted molar refractivity (Wildman–Crippen MR) is 54.5 cm³/mol. The van der Waals surface area contributed by atoms with Crippen molar-refractivity contribution in [3.05, 3.63) is 27.7 Å². The molecular formula is C8H8INO2. The van der Waals surface area contributed by atoms with Crippen LogP contribution in [0.15, 0.2) is 22.6 Å². The number of halogens is 1. The second-order valence-corrected chi connectivity index (χ2v) is 3.15. The van der Waals surface area contributed by atoms with E-state index in [1.54, 1.807) is 19.2 Å². The van der Waals surface area contributed by atoms with Crippen LogP contribution in [0, 0.1) is 3.77 Å². The fourth-order valence-corrected chi connectivity index (χ4v) is 1.09. The third-order valence-corrected chi connectivity index (χ3v) is 1.82. The number of hydrogen-bond acceptors (Lipinski definition) is 2. The number of likely N-dealkylation sites (N-methyl/N-ethyl adjacent to an activating group) is 1. The summed E-state index contributed by atoms with van der Waals surface area (Å²) in [6.45, 7) is 0. The quantitative estimate of drug-likeness (QED) is 0.659. The van der Waals surface area contributed by atoms with E-state index < -0.39 is 0 Å². The lowest BCUT2D eigenvalue weighted by Crippen LogP contribution is -2.13. The Morgan fingerprint density at radius 1 is 1.67 bits per heavy atom. The van der Waals surface area contributed by atoms with E-state index in [9.17, 15) is 4.79 Å². The highest BCUT2D eigenvalue weighted by Gasteiger charge is 1.94. The van der Waals surface area contributed by atoms with Gasteiger partial charge in [0.05, 0.1) is 0 Å². The fraction of sp³-hybridized carbons (Fsp3) is 0.125. The first-order valence-electron chi connectivity index (χ1n) is 3.37. The van der Waals surface area contributed by atoms with Crippen LogP contribution in [0.3, 0.4) is 0 Å². The minimum atomic E-state index is -0.138. The van der Waals surface area contributed by atoms with Gasteiger partial charge in [0.15, 0.2) is 3.77 Å². The van der Waals surface area contributed by atoms with E-state index in [0.717, 1.165) is 3.77 Å². The maximum absolute atomic E-state index is 10.8. The molecule has 4 heteroatoms. The van der Waals surface area contributed by atoms with Gasteiger partial charge >= 0.3 is 0 Å². The summed E-state index contributed by atoms with van der Waals surface area (Å²) in [5, 5.41) is 2.47. The molecule has 1 rings (SSSR count). The topological polar surface area (TPSA) is 42.2 Å². The molecule has 0 fully saturated rings. The first-order valence-corrected chi connectivity index (χ1v) is 4.45. The molecule has 1 heterocycles. The average molecular weight is 277 g/mol. The number of hydrogen-bond donors (Lipinski definition) is 1. The summed E-state index contributed by atoms with van der Waals surface area (Å²) in [5.41, 5.74) is 0. The summed E-state index contributed by atoms with van der Waals surface area (Å²) in [7, 11) is 1.58. The van der Waals surface area contributed by atoms with Crippen LogP contribution in [-0.2, 0) is 4.79 Å². The van der Waals surface area contributed by atoms with Crippen LogP contribution in [0.2, 0.25) is 0 Å². The van der Waals surface area contributed by atoms with Crippen molar-refractivity contribution in [1.29, 1.82) is 0 Å². The molecule has 3 nitrogen and oxygen atoms in total. The number of amides is 1. The Morgan fingerprint density at radius 3 is 2.92 bits per heavy atom. The SMILES string of the molecule is CNC(=O)C=Cc1ccc(I)o1. The van der Waals surface area contributed by atoms with E-state index in [-0.39, 0.29) is 5.91 Å². The molecule has 1 amide bonds. The standard InChI is InChI=1S/C8H8INO2/c1-10-8(11)5-3-6-2-4-7(9)12-6/h2-5H,1H3,(H,10,11). The Bertz CT molecular complexity index is 304. The zero-order valence-electron chi connectivity index (χ0n) is 6.50. The molecule has 1 aromatic heterocycles. The van der Waals surface area contributed by atoms with Crippen molar-refractivity contribution in [2.24, 2.45) is 0 Å². The molecule has 0 spiro atoms. The van der Waals surface area contributed by atoms with Gasteiger partial charge in [-0.25, -0.2) is 0 Å². The normalized spacial score (nSPS) is 10.5. The zero-order chi connectivity index (χ0) is 8.97. The largest absolute Gasteiger partial charge is 0.451 e. The van der Waals surface area contributed by atoms with E-state index in [2.05, 4.69) is 27.9 Å². The highest BCUT2D eigenvalue weighted by atomic mass is 127. The van der Waals surface area contributed by atoms with Crippen LogP contribution in [0.1, 0.15) is 5.76 Å². The van der Waals surface area contributed by atoms with Gasteiger partial charge in [-0.3, -0.25) is 4.79 Å². The van der Waals surface area contributed by atoms with Gasteiger partial charge in [-0.2, -0.15) is 0 Å². The second-order valence-electron chi connectivity index (χ2n) is 2.09. The van der Waals surface area contributed by atoms with Crippen molar-refractivity contribution >= 4 is 34.6 Å². The molecule has 1 aromatic rings. The van der Waals surface area contributed by atoms with Crippen molar-refractivity contribution in [2.45, 2.75) is 0 Å². The molecule has 64 valence electrons. The monoisotopic (exact) mass is 277 g/mol. The summed E-state index contributed by atoms with van der Waals surface area (Å²) < 4.78 is 6.01. The van der Waals surface area contributed by atoms with Gasteiger partial charge in [-0.1, -0.05) is 0 Å². The van der Waals surface area contributed by atoms with Crippen molar-refractivity contribution in [3.8, 4) is 0 Å². The van der Waals surface area contributed by atoms with Crippen LogP contribution in [-0.4, -0.2) is 13.0 Å². The smallest absolute Gasteiger partial charge is 0.243 e. The van der Waals surface area contributed by atoms with Crippen LogP contribution in [0.5, 0.6) is 0 Å². The molecule has 0 radical (unpaired) electrons. The van der Waals surface area contributed by atoms with Gasteiger partial charge in [-0.15, -0.1) is 0 Å². The number of rotatable bonds is 2. The minimum absolute atomic E-state index is 0.138. The van der Waals surface area contributed by atoms with Crippen LogP contribution in [0.25, 0.3) is 6.08 Å². The van der Waals surface area contributed by atoms with E-state index in [1.807, 2.05) is 6.07 Å². The maximum atomic E-state index is 10.8. The Balaban J connectivity index is 2.63. The highest BCUT2D eigenvalue weighted by Crippen LogP contribution is 2.10. The third-order valence-electron chi connectivity index (χ3n) is 1.24. The molecule has 1 N–H and O–H groups in total. The summed E-state index contributed by atoms with van der Waals surface area (Å²) in [4.78, 5) is 10.8. The van der Waals surface area contributed by atoms with Crippen molar-refractivity contribution in [1.82, 2.24) is 5.32 Å². The summed E-state index contributed by atoms with van der Waals surface area (Å²) in [6.07, 6.45) is 3.05. The molecule has 0 aliphatic heterocycles. The minimum Gasteiger partial charge on any atom is -0.451 e. The first kappa shape index (κ1) is 9.31. The fourth-order valence-electron chi connectivity index (χ4n) is 0.659. The number of nitrogens with one attached hydrogen (secondary N) is 1. The van der Waals surface area contributed by atoms with Gasteiger partial charge in [0.25, 0.3) is 0 Å². The highest BCUT2D eigenvalue weighted by molar-refractivity contribution is 14.1. The molecule has 0 bridgehead atoms. The second kappa shape index (κ2) is 4.30. The maximum Gasteiger partial charge on any atom is 0.243 e. The van der Waals surface area contributed by atoms with Crippen molar-refractivity contribution in [2.75, 3.05) is 7.05 Å². The Kier molecular flexibility index (Phi) is 3.33. The lowest BCUT2D eigenvalue weighted by atomic mass is 10.4. The predicted octanol–water partition coefficient (Wildman–Crippen LogP) is 1.64. The Morgan fingerprint density at radius 2 is 2.42 bits per heavy atom. The molecule has 12 heavy (non-hydrogen) atoms. The molecular weight excluding hydrogens is 269 g/mol. The van der Waals surface area contributed by atoms with E-state index >= 15 is 0 Å². The number of carbonyl (C=O) groups excluding carboxylic acids is 1. The van der Waals surface area contributed by atoms with E-state index in [4.69, 9.17) is 4.42 Å². The molecule has 0 aliphatic rings. The lowest BCUT2D eigenvalue weighted by Gasteiger charge is -1.87. The summed E-state index contributed by atoms with van der Waals surface area (Å²) >= 11 is 2.07. The molecule has 0 unspecified atom stereocenters. The van der Waals surface area contributed by atoms with E-state index in [0.29, 0.717) is 5.76 Å². The van der Waals surface area contributed by atoms with Crippen LogP contribution < -0.4 is 5.32 Å². The lowest BCUT2D eigenvalue weighted by molar-refractivity contribution is -0.115. The van der Waals surface area contributed by atoms with Gasteiger partial charge in [0, 0.05) is 13.1 Å². The Hall–Kier alpha value is -0.780. The summed E-state index contributed by atoms with van der Waals surface area (Å²) in [6, 6.07) is 3.64. The molecule has 0 aromatic carbocycles. The van der Waals surface area contributed by atoms with Crippen molar-refractivity contribution in [3.63, 3.8) is 0 Å². The molecule has 0 atom stereocenters. The van der Waals surface area contributed by atoms with Gasteiger partial charge in [0.2, 0.25) is 5.91 Å². The van der Waals surface area contributed by atoms with Gasteiger partial charge in [0.1, 0.15) is 5.76 Å². The molecule has 0 saturated heterocycles. The van der Waals surface area contributed by atoms with Gasteiger partial charge in [-0.05, 0) is 40.8 Å². The van der Waals surface area contributed by atoms with E-state index in [1.165, 1.54) is 6.08 Å². The third kappa shape index (κ3) is 2.69. The summed E-state index contributed by atoms with van der Waals surface area (Å²) in [5.74, 6) is 0.546. The van der Waals surface area contributed by atoms with Crippen molar-refractivity contribution < 1.29 is 9.21 Å². The molecule has 0 aliphatic carbocycles. The Labute approximate surface area is 84.0 Å². The number of carbonyl (C=O) groups is 1. The first-order chi connectivity index (χ1) is 5.72.